The van der Waals surface area contributed by atoms with E-state index < -0.39 is 5.43 Å². The van der Waals surface area contributed by atoms with E-state index in [9.17, 15) is 14.7 Å². The van der Waals surface area contributed by atoms with Gasteiger partial charge in [-0.3, -0.25) is 9.59 Å². The van der Waals surface area contributed by atoms with Crippen LogP contribution < -0.4 is 5.43 Å². The summed E-state index contributed by atoms with van der Waals surface area (Å²) < 4.78 is 0. The summed E-state index contributed by atoms with van der Waals surface area (Å²) in [6.45, 7) is 0. The highest BCUT2D eigenvalue weighted by atomic mass is 32.1. The predicted octanol–water partition coefficient (Wildman–Crippen LogP) is 3.71. The van der Waals surface area contributed by atoms with Crippen molar-refractivity contribution in [3.63, 3.8) is 0 Å². The zero-order chi connectivity index (χ0) is 15.5. The number of hydrogen-bond donors (Lipinski definition) is 1. The van der Waals surface area contributed by atoms with Gasteiger partial charge in [0.05, 0.1) is 10.4 Å². The lowest BCUT2D eigenvalue weighted by Crippen LogP contribution is -2.15. The second kappa shape index (κ2) is 5.95. The maximum Gasteiger partial charge on any atom is 0.198 e. The highest BCUT2D eigenvalue weighted by molar-refractivity contribution is 7.17. The molecule has 4 heteroatoms. The van der Waals surface area contributed by atoms with Crippen molar-refractivity contribution in [2.24, 2.45) is 0 Å². The lowest BCUT2D eigenvalue weighted by Gasteiger charge is -2.08. The fourth-order valence-corrected chi connectivity index (χ4v) is 3.15. The Bertz CT molecular complexity index is 868. The first kappa shape index (κ1) is 14.2. The Hall–Kier alpha value is -2.72. The average Bonchev–Trinajstić information content (AvgIpc) is 2.55. The lowest BCUT2D eigenvalue weighted by molar-refractivity contribution is 0.103. The van der Waals surface area contributed by atoms with Crippen LogP contribution in [0.5, 0.6) is 5.06 Å². The van der Waals surface area contributed by atoms with Crippen LogP contribution in [0, 0.1) is 0 Å². The van der Waals surface area contributed by atoms with Crippen molar-refractivity contribution in [2.45, 2.75) is 0 Å². The SMILES string of the molecule is O=C(c1ccccc1)c1c(-c2ccccc2)sc(O)cc1=O. The van der Waals surface area contributed by atoms with Gasteiger partial charge in [0.1, 0.15) is 0 Å². The minimum absolute atomic E-state index is 0.0974. The van der Waals surface area contributed by atoms with E-state index >= 15 is 0 Å². The van der Waals surface area contributed by atoms with E-state index in [1.165, 1.54) is 0 Å². The van der Waals surface area contributed by atoms with Gasteiger partial charge in [-0.15, -0.1) is 0 Å². The minimum Gasteiger partial charge on any atom is -0.499 e. The summed E-state index contributed by atoms with van der Waals surface area (Å²) in [7, 11) is 0. The maximum atomic E-state index is 12.7. The van der Waals surface area contributed by atoms with Crippen molar-refractivity contribution in [1.29, 1.82) is 0 Å². The monoisotopic (exact) mass is 308 g/mol. The van der Waals surface area contributed by atoms with E-state index in [0.29, 0.717) is 10.4 Å². The molecule has 22 heavy (non-hydrogen) atoms. The van der Waals surface area contributed by atoms with E-state index in [4.69, 9.17) is 0 Å². The molecule has 0 radical (unpaired) electrons. The second-order valence-corrected chi connectivity index (χ2v) is 5.74. The van der Waals surface area contributed by atoms with E-state index in [1.807, 2.05) is 36.4 Å². The molecule has 108 valence electrons. The highest BCUT2D eigenvalue weighted by Crippen LogP contribution is 2.32. The Morgan fingerprint density at radius 1 is 0.909 bits per heavy atom. The van der Waals surface area contributed by atoms with Crippen LogP contribution in [0.1, 0.15) is 15.9 Å². The highest BCUT2D eigenvalue weighted by Gasteiger charge is 2.20. The summed E-state index contributed by atoms with van der Waals surface area (Å²) in [5.74, 6) is -0.333. The topological polar surface area (TPSA) is 54.4 Å². The van der Waals surface area contributed by atoms with Crippen LogP contribution in [-0.4, -0.2) is 10.9 Å². The average molecular weight is 308 g/mol. The van der Waals surface area contributed by atoms with Gasteiger partial charge in [0, 0.05) is 11.6 Å². The van der Waals surface area contributed by atoms with E-state index in [1.54, 1.807) is 24.3 Å². The van der Waals surface area contributed by atoms with Gasteiger partial charge in [-0.2, -0.15) is 0 Å². The molecule has 0 saturated heterocycles. The predicted molar refractivity (Wildman–Crippen MR) is 87.6 cm³/mol. The number of rotatable bonds is 3. The van der Waals surface area contributed by atoms with Gasteiger partial charge in [-0.05, 0) is 5.56 Å². The van der Waals surface area contributed by atoms with E-state index in [2.05, 4.69) is 0 Å². The first-order valence-corrected chi connectivity index (χ1v) is 7.51. The first-order valence-electron chi connectivity index (χ1n) is 6.69. The quantitative estimate of drug-likeness (QED) is 0.750. The Morgan fingerprint density at radius 2 is 1.50 bits per heavy atom. The van der Waals surface area contributed by atoms with Crippen molar-refractivity contribution < 1.29 is 9.90 Å². The molecule has 0 bridgehead atoms. The Labute approximate surface area is 131 Å². The van der Waals surface area contributed by atoms with Crippen molar-refractivity contribution >= 4 is 17.1 Å². The molecule has 0 amide bonds. The van der Waals surface area contributed by atoms with Crippen LogP contribution in [0.3, 0.4) is 0 Å². The van der Waals surface area contributed by atoms with E-state index in [0.717, 1.165) is 23.0 Å². The molecule has 3 nitrogen and oxygen atoms in total. The summed E-state index contributed by atoms with van der Waals surface area (Å²) in [6.07, 6.45) is 0. The molecule has 0 spiro atoms. The van der Waals surface area contributed by atoms with Crippen molar-refractivity contribution in [2.75, 3.05) is 0 Å². The fraction of sp³-hybridized carbons (Fsp3) is 0. The number of hydrogen-bond acceptors (Lipinski definition) is 4. The first-order chi connectivity index (χ1) is 10.7. The van der Waals surface area contributed by atoms with Gasteiger partial charge in [0.15, 0.2) is 16.3 Å². The van der Waals surface area contributed by atoms with Crippen LogP contribution in [-0.2, 0) is 0 Å². The van der Waals surface area contributed by atoms with Gasteiger partial charge in [-0.1, -0.05) is 72.0 Å². The van der Waals surface area contributed by atoms with Gasteiger partial charge < -0.3 is 5.11 Å². The maximum absolute atomic E-state index is 12.7. The third-order valence-electron chi connectivity index (χ3n) is 3.23. The zero-order valence-corrected chi connectivity index (χ0v) is 12.3. The van der Waals surface area contributed by atoms with Crippen molar-refractivity contribution in [3.8, 4) is 15.5 Å². The molecule has 0 aliphatic heterocycles. The molecule has 0 fully saturated rings. The van der Waals surface area contributed by atoms with E-state index in [-0.39, 0.29) is 16.4 Å². The van der Waals surface area contributed by atoms with Crippen LogP contribution >= 0.6 is 11.3 Å². The van der Waals surface area contributed by atoms with Gasteiger partial charge in [-0.25, -0.2) is 0 Å². The Balaban J connectivity index is 2.24. The largest absolute Gasteiger partial charge is 0.499 e. The van der Waals surface area contributed by atoms with Crippen molar-refractivity contribution in [3.05, 3.63) is 88.1 Å². The molecular formula is C18H12O3S. The molecular weight excluding hydrogens is 296 g/mol. The third-order valence-corrected chi connectivity index (χ3v) is 4.20. The smallest absolute Gasteiger partial charge is 0.198 e. The minimum atomic E-state index is -0.469. The molecule has 3 aromatic rings. The van der Waals surface area contributed by atoms with Crippen LogP contribution in [0.4, 0.5) is 0 Å². The van der Waals surface area contributed by atoms with Gasteiger partial charge in [0.2, 0.25) is 0 Å². The number of ketones is 1. The fourth-order valence-electron chi connectivity index (χ4n) is 2.22. The molecule has 0 saturated carbocycles. The zero-order valence-electron chi connectivity index (χ0n) is 11.5. The molecule has 3 rings (SSSR count). The van der Waals surface area contributed by atoms with Crippen molar-refractivity contribution in [1.82, 2.24) is 0 Å². The summed E-state index contributed by atoms with van der Waals surface area (Å²) in [6, 6.07) is 18.9. The van der Waals surface area contributed by atoms with Gasteiger partial charge >= 0.3 is 0 Å². The molecule has 0 aliphatic carbocycles. The summed E-state index contributed by atoms with van der Waals surface area (Å²) >= 11 is 1.03. The number of benzene rings is 2. The third kappa shape index (κ3) is 2.69. The Kier molecular flexibility index (Phi) is 3.85. The van der Waals surface area contributed by atoms with Gasteiger partial charge in [0.25, 0.3) is 0 Å². The van der Waals surface area contributed by atoms with Crippen LogP contribution in [0.15, 0.2) is 71.5 Å². The molecule has 0 aliphatic rings. The lowest BCUT2D eigenvalue weighted by atomic mass is 10.0. The standard InChI is InChI=1S/C18H12O3S/c19-14-11-15(20)22-18(13-9-5-2-6-10-13)16(14)17(21)12-7-3-1-4-8-12/h1-11,20H. The second-order valence-electron chi connectivity index (χ2n) is 4.71. The summed E-state index contributed by atoms with van der Waals surface area (Å²) in [4.78, 5) is 25.5. The molecule has 1 N–H and O–H groups in total. The molecule has 2 aromatic carbocycles. The number of aromatic hydroxyl groups is 1. The molecule has 0 unspecified atom stereocenters. The van der Waals surface area contributed by atoms with Crippen LogP contribution in [0.2, 0.25) is 0 Å². The number of carbonyl (C=O) groups excluding carboxylic acids is 1. The number of carbonyl (C=O) groups is 1. The molecule has 1 aromatic heterocycles. The summed E-state index contributed by atoms with van der Waals surface area (Å²) in [5.41, 5.74) is 0.818. The normalized spacial score (nSPS) is 10.4. The molecule has 1 heterocycles. The Morgan fingerprint density at radius 3 is 2.14 bits per heavy atom. The molecule has 0 atom stereocenters. The summed E-state index contributed by atoms with van der Waals surface area (Å²) in [5, 5.41) is 9.64. The van der Waals surface area contributed by atoms with Crippen LogP contribution in [0.25, 0.3) is 10.4 Å².